The van der Waals surface area contributed by atoms with Crippen LogP contribution in [-0.2, 0) is 32.7 Å². The Hall–Kier alpha value is -2.59. The van der Waals surface area contributed by atoms with Crippen LogP contribution < -0.4 is 5.73 Å². The third-order valence-electron chi connectivity index (χ3n) is 9.72. The highest BCUT2D eigenvalue weighted by Gasteiger charge is 2.27. The summed E-state index contributed by atoms with van der Waals surface area (Å²) in [5.41, 5.74) is 5.36. The smallest absolute Gasteiger partial charge is 0.472 e. The van der Waals surface area contributed by atoms with Gasteiger partial charge in [-0.2, -0.15) is 0 Å². The van der Waals surface area contributed by atoms with Crippen molar-refractivity contribution in [3.8, 4) is 0 Å². The van der Waals surface area contributed by atoms with Gasteiger partial charge >= 0.3 is 19.8 Å². The highest BCUT2D eigenvalue weighted by molar-refractivity contribution is 7.47. The minimum atomic E-state index is -4.63. The van der Waals surface area contributed by atoms with Gasteiger partial charge in [-0.15, -0.1) is 0 Å². The number of phosphoric ester groups is 1. The second-order valence-electron chi connectivity index (χ2n) is 15.5. The van der Waals surface area contributed by atoms with Gasteiger partial charge < -0.3 is 25.2 Å². The van der Waals surface area contributed by atoms with E-state index in [2.05, 4.69) is 86.8 Å². The maximum Gasteiger partial charge on any atom is 0.472 e. The van der Waals surface area contributed by atoms with Crippen LogP contribution in [0.3, 0.4) is 0 Å². The molecule has 0 aromatic carbocycles. The maximum absolute atomic E-state index is 12.7. The number of nitrogens with two attached hydrogens (primary N) is 1. The Morgan fingerprint density at radius 2 is 0.967 bits per heavy atom. The van der Waals surface area contributed by atoms with Gasteiger partial charge in [0.1, 0.15) is 12.1 Å². The first kappa shape index (κ1) is 57.4. The lowest BCUT2D eigenvalue weighted by molar-refractivity contribution is -0.154. The van der Waals surface area contributed by atoms with Crippen molar-refractivity contribution < 1.29 is 42.7 Å². The Bertz CT molecular complexity index is 1230. The van der Waals surface area contributed by atoms with Gasteiger partial charge in [0.2, 0.25) is 0 Å². The van der Waals surface area contributed by atoms with E-state index in [4.69, 9.17) is 29.4 Å². The van der Waals surface area contributed by atoms with E-state index < -0.39 is 45.1 Å². The summed E-state index contributed by atoms with van der Waals surface area (Å²) in [5, 5.41) is 8.91. The van der Waals surface area contributed by atoms with Crippen molar-refractivity contribution in [1.82, 2.24) is 0 Å². The predicted octanol–water partition coefficient (Wildman–Crippen LogP) is 13.4. The molecule has 0 aliphatic rings. The molecule has 0 aliphatic heterocycles. The van der Waals surface area contributed by atoms with Crippen LogP contribution in [0.5, 0.6) is 0 Å². The van der Waals surface area contributed by atoms with E-state index in [0.29, 0.717) is 13.0 Å². The average molecular weight is 864 g/mol. The van der Waals surface area contributed by atoms with Crippen molar-refractivity contribution in [2.75, 3.05) is 26.4 Å². The van der Waals surface area contributed by atoms with Crippen molar-refractivity contribution in [2.45, 2.75) is 199 Å². The number of phosphoric acid groups is 1. The number of ether oxygens (including phenoxy) is 2. The summed E-state index contributed by atoms with van der Waals surface area (Å²) in [4.78, 5) is 33.6. The quantitative estimate of drug-likeness (QED) is 0.0233. The third kappa shape index (κ3) is 43.5. The zero-order valence-corrected chi connectivity index (χ0v) is 38.7. The monoisotopic (exact) mass is 864 g/mol. The molecule has 0 aliphatic carbocycles. The van der Waals surface area contributed by atoms with E-state index >= 15 is 0 Å². The zero-order valence-electron chi connectivity index (χ0n) is 37.8. The van der Waals surface area contributed by atoms with Gasteiger partial charge in [-0.1, -0.05) is 170 Å². The molecule has 3 unspecified atom stereocenters. The molecular formula is C49H86NO9P. The van der Waals surface area contributed by atoms with Gasteiger partial charge in [0.15, 0.2) is 0 Å². The maximum atomic E-state index is 12.7. The first-order chi connectivity index (χ1) is 29.2. The van der Waals surface area contributed by atoms with Gasteiger partial charge in [0.25, 0.3) is 0 Å². The van der Waals surface area contributed by atoms with Crippen LogP contribution >= 0.6 is 7.82 Å². The molecule has 3 atom stereocenters. The van der Waals surface area contributed by atoms with Crippen molar-refractivity contribution in [1.29, 1.82) is 0 Å². The number of carbonyl (C=O) groups is 2. The molecule has 0 fully saturated rings. The van der Waals surface area contributed by atoms with Crippen LogP contribution in [0.1, 0.15) is 187 Å². The summed E-state index contributed by atoms with van der Waals surface area (Å²) in [6, 6.07) is -1.48. The second-order valence-corrected chi connectivity index (χ2v) is 17.0. The van der Waals surface area contributed by atoms with Crippen molar-refractivity contribution in [2.24, 2.45) is 5.73 Å². The fourth-order valence-electron chi connectivity index (χ4n) is 6.09. The molecule has 4 N–H and O–H groups in total. The van der Waals surface area contributed by atoms with Crippen LogP contribution in [0, 0.1) is 0 Å². The van der Waals surface area contributed by atoms with Crippen LogP contribution in [0.25, 0.3) is 0 Å². The number of carboxylic acids is 1. The van der Waals surface area contributed by atoms with Gasteiger partial charge in [0, 0.05) is 13.0 Å². The lowest BCUT2D eigenvalue weighted by Crippen LogP contribution is -2.34. The van der Waals surface area contributed by atoms with Gasteiger partial charge in [-0.05, 0) is 83.5 Å². The molecule has 10 nitrogen and oxygen atoms in total. The summed E-state index contributed by atoms with van der Waals surface area (Å²) in [6.45, 7) is 3.72. The summed E-state index contributed by atoms with van der Waals surface area (Å²) in [6.07, 6.45) is 55.2. The fraction of sp³-hybridized carbons (Fsp3) is 0.714. The standard InChI is InChI=1S/C49H86NO9P/c1-3-5-7-9-11-13-15-17-19-21-22-23-24-25-26-28-30-32-34-36-38-40-42-56-43-46(44-57-60(54,55)58-45-47(50)49(52)53)59-48(51)41-39-37-35-33-31-29-27-20-18-16-14-12-10-8-6-4-2/h5,7,11,13-14,16-17,19-20,22-23,27,46-47H,3-4,6,8-10,12,15,18,21,24-26,28-45,50H2,1-2H3,(H,52,53)(H,54,55)/b7-5-,13-11-,16-14-,19-17-,23-22-,27-20-. The lowest BCUT2D eigenvalue weighted by Gasteiger charge is -2.20. The zero-order chi connectivity index (χ0) is 44.0. The first-order valence-corrected chi connectivity index (χ1v) is 25.0. The largest absolute Gasteiger partial charge is 0.480 e. The number of allylic oxidation sites excluding steroid dienone is 12. The fourth-order valence-corrected chi connectivity index (χ4v) is 6.87. The number of carbonyl (C=O) groups excluding carboxylic acids is 1. The molecule has 0 saturated heterocycles. The Morgan fingerprint density at radius 1 is 0.550 bits per heavy atom. The summed E-state index contributed by atoms with van der Waals surface area (Å²) in [7, 11) is -4.63. The minimum absolute atomic E-state index is 0.00353. The number of hydrogen-bond acceptors (Lipinski definition) is 8. The number of unbranched alkanes of at least 4 members (excludes halogenated alkanes) is 18. The first-order valence-electron chi connectivity index (χ1n) is 23.5. The summed E-state index contributed by atoms with van der Waals surface area (Å²) >= 11 is 0. The van der Waals surface area contributed by atoms with Gasteiger partial charge in [-0.3, -0.25) is 18.6 Å². The van der Waals surface area contributed by atoms with Crippen LogP contribution in [0.15, 0.2) is 72.9 Å². The normalized spacial score (nSPS) is 14.5. The van der Waals surface area contributed by atoms with E-state index in [-0.39, 0.29) is 13.0 Å². The Kier molecular flexibility index (Phi) is 42.5. The number of aliphatic carboxylic acids is 1. The second kappa shape index (κ2) is 44.5. The molecule has 0 radical (unpaired) electrons. The van der Waals surface area contributed by atoms with Gasteiger partial charge in [0.05, 0.1) is 19.8 Å². The van der Waals surface area contributed by atoms with Crippen molar-refractivity contribution in [3.63, 3.8) is 0 Å². The predicted molar refractivity (Wildman–Crippen MR) is 249 cm³/mol. The molecular weight excluding hydrogens is 778 g/mol. The van der Waals surface area contributed by atoms with Crippen LogP contribution in [-0.4, -0.2) is 60.5 Å². The topological polar surface area (TPSA) is 155 Å². The molecule has 0 aromatic rings. The lowest BCUT2D eigenvalue weighted by atomic mass is 10.1. The van der Waals surface area contributed by atoms with E-state index in [1.54, 1.807) is 0 Å². The molecule has 0 aromatic heterocycles. The molecule has 0 heterocycles. The number of rotatable bonds is 44. The molecule has 60 heavy (non-hydrogen) atoms. The Labute approximate surface area is 365 Å². The molecule has 0 bridgehead atoms. The Morgan fingerprint density at radius 3 is 1.45 bits per heavy atom. The van der Waals surface area contributed by atoms with E-state index in [1.807, 2.05) is 0 Å². The highest BCUT2D eigenvalue weighted by Crippen LogP contribution is 2.43. The van der Waals surface area contributed by atoms with Crippen molar-refractivity contribution >= 4 is 19.8 Å². The van der Waals surface area contributed by atoms with E-state index in [9.17, 15) is 19.0 Å². The molecule has 0 amide bonds. The summed E-state index contributed by atoms with van der Waals surface area (Å²) < 4.78 is 33.4. The van der Waals surface area contributed by atoms with Gasteiger partial charge in [-0.25, -0.2) is 4.57 Å². The van der Waals surface area contributed by atoms with E-state index in [0.717, 1.165) is 89.9 Å². The average Bonchev–Trinajstić information content (AvgIpc) is 3.23. The Balaban J connectivity index is 4.22. The molecule has 0 saturated carbocycles. The SMILES string of the molecule is CC/C=C\C/C=C\C/C=C\C/C=C\CCCCCCCCCCCOCC(COP(=O)(O)OCC(N)C(=O)O)OC(=O)CCCCCCC/C=C\C/C=C\CCCCCC. The van der Waals surface area contributed by atoms with Crippen molar-refractivity contribution in [3.05, 3.63) is 72.9 Å². The third-order valence-corrected chi connectivity index (χ3v) is 10.7. The van der Waals surface area contributed by atoms with E-state index in [1.165, 1.54) is 70.6 Å². The molecule has 346 valence electrons. The number of esters is 1. The van der Waals surface area contributed by atoms with Crippen LogP contribution in [0.4, 0.5) is 0 Å². The number of hydrogen-bond donors (Lipinski definition) is 3. The molecule has 0 spiro atoms. The summed E-state index contributed by atoms with van der Waals surface area (Å²) in [5.74, 6) is -1.80. The van der Waals surface area contributed by atoms with Crippen LogP contribution in [0.2, 0.25) is 0 Å². The highest BCUT2D eigenvalue weighted by atomic mass is 31.2. The molecule has 11 heteroatoms. The minimum Gasteiger partial charge on any atom is -0.480 e. The molecule has 0 rings (SSSR count). The number of carboxylic acid groups (broad SMARTS) is 1.